The van der Waals surface area contributed by atoms with Crippen LogP contribution in [0.3, 0.4) is 0 Å². The first-order valence-corrected chi connectivity index (χ1v) is 6.37. The van der Waals surface area contributed by atoms with Crippen LogP contribution < -0.4 is 4.74 Å². The van der Waals surface area contributed by atoms with Crippen molar-refractivity contribution in [2.24, 2.45) is 0 Å². The predicted molar refractivity (Wildman–Crippen MR) is 58.6 cm³/mol. The van der Waals surface area contributed by atoms with Gasteiger partial charge in [-0.1, -0.05) is 18.2 Å². The Morgan fingerprint density at radius 2 is 2.00 bits per heavy atom. The lowest BCUT2D eigenvalue weighted by Crippen LogP contribution is -2.15. The molecule has 0 saturated carbocycles. The minimum atomic E-state index is -3.78. The summed E-state index contributed by atoms with van der Waals surface area (Å²) in [6.07, 6.45) is -0.531. The number of carbonyl (C=O) groups is 1. The third-order valence-electron chi connectivity index (χ3n) is 1.80. The Kier molecular flexibility index (Phi) is 4.68. The Bertz CT molecular complexity index is 389. The topological polar surface area (TPSA) is 72.8 Å². The molecule has 1 unspecified atom stereocenters. The van der Waals surface area contributed by atoms with E-state index in [1.165, 1.54) is 0 Å². The molecule has 6 heteroatoms. The molecule has 1 rings (SSSR count). The maximum atomic E-state index is 11.3. The van der Waals surface area contributed by atoms with E-state index in [1.54, 1.807) is 24.3 Å². The molecular weight excluding hydrogens is 231 g/mol. The second kappa shape index (κ2) is 5.80. The molecule has 0 amide bonds. The van der Waals surface area contributed by atoms with Gasteiger partial charge in [0.05, 0.1) is 0 Å². The molecule has 1 aromatic rings. The number of Topliss-reactive ketones (excluding diaryl/α,β-unsaturated/α-hetero) is 1. The minimum Gasteiger partial charge on any atom is -0.486 e. The third-order valence-corrected chi connectivity index (χ3v) is 3.13. The van der Waals surface area contributed by atoms with E-state index < -0.39 is 19.5 Å². The number of hydrogen-bond acceptors (Lipinski definition) is 4. The normalized spacial score (nSPS) is 14.1. The molecule has 1 N–H and O–H groups in total. The maximum Gasteiger partial charge on any atom is 0.335 e. The summed E-state index contributed by atoms with van der Waals surface area (Å²) < 4.78 is 20.5. The van der Waals surface area contributed by atoms with Gasteiger partial charge in [-0.3, -0.25) is 9.36 Å². The average molecular weight is 244 g/mol. The van der Waals surface area contributed by atoms with Crippen molar-refractivity contribution in [3.8, 4) is 5.75 Å². The van der Waals surface area contributed by atoms with Crippen LogP contribution in [0.5, 0.6) is 5.75 Å². The molecule has 0 heterocycles. The first-order valence-electron chi connectivity index (χ1n) is 4.60. The van der Waals surface area contributed by atoms with E-state index in [-0.39, 0.29) is 6.61 Å². The summed E-state index contributed by atoms with van der Waals surface area (Å²) in [7, 11) is -2.69. The van der Waals surface area contributed by atoms with Crippen LogP contribution in [0.25, 0.3) is 0 Å². The van der Waals surface area contributed by atoms with Gasteiger partial charge in [0.2, 0.25) is 0 Å². The van der Waals surface area contributed by atoms with Crippen LogP contribution in [-0.4, -0.2) is 30.6 Å². The van der Waals surface area contributed by atoms with Crippen molar-refractivity contribution in [2.75, 3.05) is 19.9 Å². The molecule has 0 aromatic heterocycles. The van der Waals surface area contributed by atoms with Gasteiger partial charge in [-0.05, 0) is 12.1 Å². The lowest BCUT2D eigenvalue weighted by Gasteiger charge is -2.08. The summed E-state index contributed by atoms with van der Waals surface area (Å²) in [5.41, 5.74) is 0. The smallest absolute Gasteiger partial charge is 0.335 e. The van der Waals surface area contributed by atoms with Gasteiger partial charge in [-0.25, -0.2) is 0 Å². The average Bonchev–Trinajstić information content (AvgIpc) is 2.27. The fraction of sp³-hybridized carbons (Fsp3) is 0.300. The lowest BCUT2D eigenvalue weighted by atomic mass is 10.3. The van der Waals surface area contributed by atoms with Crippen LogP contribution in [0.1, 0.15) is 0 Å². The zero-order chi connectivity index (χ0) is 12.0. The fourth-order valence-corrected chi connectivity index (χ4v) is 1.68. The van der Waals surface area contributed by atoms with Crippen LogP contribution in [-0.2, 0) is 13.9 Å². The summed E-state index contributed by atoms with van der Waals surface area (Å²) in [5, 5.41) is 0. The summed E-state index contributed by atoms with van der Waals surface area (Å²) in [6, 6.07) is 8.75. The van der Waals surface area contributed by atoms with Gasteiger partial charge in [-0.15, -0.1) is 0 Å². The van der Waals surface area contributed by atoms with E-state index in [9.17, 15) is 9.36 Å². The Morgan fingerprint density at radius 3 is 2.56 bits per heavy atom. The van der Waals surface area contributed by atoms with Gasteiger partial charge in [-0.2, -0.15) is 0 Å². The van der Waals surface area contributed by atoms with Crippen molar-refractivity contribution < 1.29 is 23.5 Å². The highest BCUT2D eigenvalue weighted by Gasteiger charge is 2.22. The second-order valence-corrected chi connectivity index (χ2v) is 5.07. The molecule has 0 aliphatic heterocycles. The standard InChI is InChI=1S/C10H13O5P/c1-14-16(12,13)8-9(11)7-15-10-5-3-2-4-6-10/h2-6H,7-8H2,1H3,(H,12,13). The molecule has 0 fully saturated rings. The van der Waals surface area contributed by atoms with Crippen LogP contribution in [0, 0.1) is 0 Å². The largest absolute Gasteiger partial charge is 0.486 e. The fourth-order valence-electron chi connectivity index (χ4n) is 1.01. The van der Waals surface area contributed by atoms with Crippen LogP contribution in [0.15, 0.2) is 30.3 Å². The van der Waals surface area contributed by atoms with Crippen molar-refractivity contribution in [2.45, 2.75) is 0 Å². The molecule has 0 aliphatic carbocycles. The zero-order valence-electron chi connectivity index (χ0n) is 8.83. The Hall–Kier alpha value is -1.16. The van der Waals surface area contributed by atoms with Gasteiger partial charge < -0.3 is 14.2 Å². The van der Waals surface area contributed by atoms with E-state index in [4.69, 9.17) is 9.63 Å². The molecule has 88 valence electrons. The highest BCUT2D eigenvalue weighted by Crippen LogP contribution is 2.40. The van der Waals surface area contributed by atoms with Crippen molar-refractivity contribution in [1.29, 1.82) is 0 Å². The lowest BCUT2D eigenvalue weighted by molar-refractivity contribution is -0.118. The Balaban J connectivity index is 2.40. The first kappa shape index (κ1) is 12.9. The number of benzene rings is 1. The van der Waals surface area contributed by atoms with E-state index in [2.05, 4.69) is 4.52 Å². The quantitative estimate of drug-likeness (QED) is 0.767. The number of rotatable bonds is 6. The van der Waals surface area contributed by atoms with Gasteiger partial charge in [0.25, 0.3) is 0 Å². The van der Waals surface area contributed by atoms with E-state index >= 15 is 0 Å². The monoisotopic (exact) mass is 244 g/mol. The van der Waals surface area contributed by atoms with Crippen molar-refractivity contribution in [1.82, 2.24) is 0 Å². The molecule has 0 saturated heterocycles. The maximum absolute atomic E-state index is 11.3. The second-order valence-electron chi connectivity index (χ2n) is 3.12. The zero-order valence-corrected chi connectivity index (χ0v) is 9.72. The highest BCUT2D eigenvalue weighted by molar-refractivity contribution is 7.53. The van der Waals surface area contributed by atoms with Gasteiger partial charge >= 0.3 is 7.60 Å². The number of para-hydroxylation sites is 1. The summed E-state index contributed by atoms with van der Waals surface area (Å²) >= 11 is 0. The van der Waals surface area contributed by atoms with E-state index in [0.717, 1.165) is 7.11 Å². The Morgan fingerprint density at radius 1 is 1.38 bits per heavy atom. The summed E-state index contributed by atoms with van der Waals surface area (Å²) in [6.45, 7) is -0.238. The first-order chi connectivity index (χ1) is 7.53. The molecule has 16 heavy (non-hydrogen) atoms. The molecule has 0 aliphatic rings. The van der Waals surface area contributed by atoms with Gasteiger partial charge in [0.15, 0.2) is 5.78 Å². The van der Waals surface area contributed by atoms with Crippen molar-refractivity contribution in [3.05, 3.63) is 30.3 Å². The molecule has 5 nitrogen and oxygen atoms in total. The predicted octanol–water partition coefficient (Wildman–Crippen LogP) is 1.47. The number of ether oxygens (including phenoxy) is 1. The molecule has 0 radical (unpaired) electrons. The van der Waals surface area contributed by atoms with Crippen LogP contribution in [0.4, 0.5) is 0 Å². The molecule has 1 aromatic carbocycles. The third kappa shape index (κ3) is 4.57. The minimum absolute atomic E-state index is 0.238. The summed E-state index contributed by atoms with van der Waals surface area (Å²) in [5.74, 6) is 0.0672. The van der Waals surface area contributed by atoms with E-state index in [0.29, 0.717) is 5.75 Å². The van der Waals surface area contributed by atoms with Crippen LogP contribution >= 0.6 is 7.60 Å². The summed E-state index contributed by atoms with van der Waals surface area (Å²) in [4.78, 5) is 20.3. The number of ketones is 1. The number of hydrogen-bond donors (Lipinski definition) is 1. The molecule has 0 bridgehead atoms. The number of carbonyl (C=O) groups excluding carboxylic acids is 1. The molecule has 1 atom stereocenters. The van der Waals surface area contributed by atoms with Gasteiger partial charge in [0, 0.05) is 7.11 Å². The molecular formula is C10H13O5P. The van der Waals surface area contributed by atoms with Crippen molar-refractivity contribution >= 4 is 13.4 Å². The van der Waals surface area contributed by atoms with Crippen molar-refractivity contribution in [3.63, 3.8) is 0 Å². The van der Waals surface area contributed by atoms with E-state index in [1.807, 2.05) is 6.07 Å². The Labute approximate surface area is 93.5 Å². The molecule has 0 spiro atoms. The highest BCUT2D eigenvalue weighted by atomic mass is 31.2. The SMILES string of the molecule is COP(=O)(O)CC(=O)COc1ccccc1. The van der Waals surface area contributed by atoms with Crippen LogP contribution in [0.2, 0.25) is 0 Å². The van der Waals surface area contributed by atoms with Gasteiger partial charge in [0.1, 0.15) is 18.5 Å².